The first-order valence-electron chi connectivity index (χ1n) is 13.3. The van der Waals surface area contributed by atoms with Crippen LogP contribution in [0.15, 0.2) is 54.7 Å². The number of carbonyl (C=O) groups is 3. The largest absolute Gasteiger partial charge is 0.490 e. The number of benzene rings is 1. The molecular formula is C28H32F3N5O4. The number of fused-ring (bicyclic) bond motifs is 1. The van der Waals surface area contributed by atoms with Crippen molar-refractivity contribution in [2.45, 2.75) is 44.3 Å². The Morgan fingerprint density at radius 2 is 1.62 bits per heavy atom. The van der Waals surface area contributed by atoms with Gasteiger partial charge in [0.25, 0.3) is 11.8 Å². The first kappa shape index (κ1) is 29.1. The Kier molecular flexibility index (Phi) is 9.41. The molecule has 2 amide bonds. The zero-order valence-electron chi connectivity index (χ0n) is 21.9. The quantitative estimate of drug-likeness (QED) is 0.470. The van der Waals surface area contributed by atoms with Crippen molar-refractivity contribution in [2.24, 2.45) is 0 Å². The molecular weight excluding hydrogens is 527 g/mol. The Balaban J connectivity index is 0.000000470. The minimum absolute atomic E-state index is 0.0123. The van der Waals surface area contributed by atoms with Crippen molar-refractivity contribution in [3.63, 3.8) is 0 Å². The minimum Gasteiger partial charge on any atom is -0.475 e. The maximum atomic E-state index is 13.2. The van der Waals surface area contributed by atoms with Gasteiger partial charge in [-0.1, -0.05) is 30.7 Å². The van der Waals surface area contributed by atoms with Gasteiger partial charge in [-0.2, -0.15) is 13.2 Å². The van der Waals surface area contributed by atoms with Crippen LogP contribution < -0.4 is 5.32 Å². The number of piperidine rings is 1. The Morgan fingerprint density at radius 1 is 0.950 bits per heavy atom. The van der Waals surface area contributed by atoms with E-state index in [1.54, 1.807) is 0 Å². The molecule has 1 atom stereocenters. The van der Waals surface area contributed by atoms with Crippen LogP contribution in [0.25, 0.3) is 5.52 Å². The summed E-state index contributed by atoms with van der Waals surface area (Å²) in [5.41, 5.74) is 1.89. The summed E-state index contributed by atoms with van der Waals surface area (Å²) in [5, 5.41) is 10.2. The lowest BCUT2D eigenvalue weighted by molar-refractivity contribution is -0.192. The highest BCUT2D eigenvalue weighted by Gasteiger charge is 2.38. The summed E-state index contributed by atoms with van der Waals surface area (Å²) >= 11 is 0. The van der Waals surface area contributed by atoms with Crippen LogP contribution in [0.5, 0.6) is 0 Å². The van der Waals surface area contributed by atoms with E-state index in [1.807, 2.05) is 64.0 Å². The van der Waals surface area contributed by atoms with Crippen LogP contribution >= 0.6 is 0 Å². The van der Waals surface area contributed by atoms with E-state index in [4.69, 9.17) is 14.9 Å². The molecule has 3 aromatic rings. The van der Waals surface area contributed by atoms with Crippen molar-refractivity contribution in [1.29, 1.82) is 0 Å². The Morgan fingerprint density at radius 3 is 2.30 bits per heavy atom. The number of alkyl halides is 3. The molecule has 0 saturated carbocycles. The maximum Gasteiger partial charge on any atom is 0.490 e. The number of aliphatic carboxylic acids is 1. The van der Waals surface area contributed by atoms with Gasteiger partial charge in [0.15, 0.2) is 5.69 Å². The molecule has 5 rings (SSSR count). The first-order chi connectivity index (χ1) is 19.2. The number of likely N-dealkylation sites (tertiary alicyclic amines) is 2. The van der Waals surface area contributed by atoms with Crippen molar-refractivity contribution in [2.75, 3.05) is 32.7 Å². The lowest BCUT2D eigenvalue weighted by atomic mass is 10.1. The summed E-state index contributed by atoms with van der Waals surface area (Å²) in [5.74, 6) is -2.14. The van der Waals surface area contributed by atoms with E-state index in [9.17, 15) is 22.8 Å². The van der Waals surface area contributed by atoms with Crippen LogP contribution in [0.1, 0.15) is 64.8 Å². The van der Waals surface area contributed by atoms with Crippen molar-refractivity contribution in [3.05, 3.63) is 71.8 Å². The number of carbonyl (C=O) groups excluding carboxylic acids is 2. The van der Waals surface area contributed by atoms with Gasteiger partial charge in [0.1, 0.15) is 5.82 Å². The number of pyridine rings is 1. The van der Waals surface area contributed by atoms with Crippen LogP contribution in [0.3, 0.4) is 0 Å². The number of carboxylic acid groups (broad SMARTS) is 1. The summed E-state index contributed by atoms with van der Waals surface area (Å²) in [6, 6.07) is 15.0. The summed E-state index contributed by atoms with van der Waals surface area (Å²) in [6.45, 7) is 4.40. The lowest BCUT2D eigenvalue weighted by Crippen LogP contribution is -2.37. The van der Waals surface area contributed by atoms with Crippen LogP contribution in [0.2, 0.25) is 0 Å². The number of halogens is 3. The zero-order valence-corrected chi connectivity index (χ0v) is 21.9. The van der Waals surface area contributed by atoms with Gasteiger partial charge in [0.05, 0.1) is 11.6 Å². The molecule has 0 aliphatic carbocycles. The van der Waals surface area contributed by atoms with Crippen molar-refractivity contribution in [3.8, 4) is 0 Å². The molecule has 2 aliphatic heterocycles. The average Bonchev–Trinajstić information content (AvgIpc) is 3.59. The fourth-order valence-electron chi connectivity index (χ4n) is 5.08. The Bertz CT molecular complexity index is 1320. The van der Waals surface area contributed by atoms with E-state index in [0.717, 1.165) is 43.8 Å². The molecule has 2 aromatic heterocycles. The second-order valence-corrected chi connectivity index (χ2v) is 9.76. The standard InChI is InChI=1S/C26H31N5O2.C2HF3O2/c32-25(27-14-19-29-15-6-2-7-16-29)23-21-12-5-8-17-30(21)24(28-23)22-13-9-18-31(22)26(33)20-10-3-1-4-11-20;3-2(4,5)1(6)7/h1,3-5,8,10-12,17,22H,2,6-7,9,13-16,18-19H2,(H,27,32);(H,6,7). The molecule has 12 heteroatoms. The molecule has 2 saturated heterocycles. The number of aromatic nitrogens is 2. The summed E-state index contributed by atoms with van der Waals surface area (Å²) in [4.78, 5) is 44.3. The Labute approximate surface area is 229 Å². The van der Waals surface area contributed by atoms with E-state index in [1.165, 1.54) is 19.3 Å². The Hall–Kier alpha value is -3.93. The normalized spacial score (nSPS) is 17.8. The van der Waals surface area contributed by atoms with Gasteiger partial charge in [0, 0.05) is 31.4 Å². The zero-order chi connectivity index (χ0) is 28.7. The molecule has 2 N–H and O–H groups in total. The molecule has 9 nitrogen and oxygen atoms in total. The molecule has 214 valence electrons. The van der Waals surface area contributed by atoms with Gasteiger partial charge in [-0.3, -0.25) is 9.59 Å². The number of rotatable bonds is 6. The molecule has 40 heavy (non-hydrogen) atoms. The smallest absolute Gasteiger partial charge is 0.475 e. The van der Waals surface area contributed by atoms with E-state index >= 15 is 0 Å². The highest BCUT2D eigenvalue weighted by Crippen LogP contribution is 2.33. The number of carboxylic acids is 1. The molecule has 2 aliphatic rings. The average molecular weight is 560 g/mol. The number of imidazole rings is 1. The monoisotopic (exact) mass is 559 g/mol. The second kappa shape index (κ2) is 12.9. The summed E-state index contributed by atoms with van der Waals surface area (Å²) < 4.78 is 33.7. The van der Waals surface area contributed by atoms with E-state index in [0.29, 0.717) is 24.3 Å². The first-order valence-corrected chi connectivity index (χ1v) is 13.3. The summed E-state index contributed by atoms with van der Waals surface area (Å²) in [7, 11) is 0. The van der Waals surface area contributed by atoms with Crippen molar-refractivity contribution < 1.29 is 32.7 Å². The number of nitrogens with zero attached hydrogens (tertiary/aromatic N) is 4. The number of amides is 2. The molecule has 4 heterocycles. The third-order valence-corrected chi connectivity index (χ3v) is 7.03. The van der Waals surface area contributed by atoms with Crippen LogP contribution in [-0.4, -0.2) is 81.0 Å². The maximum absolute atomic E-state index is 13.2. The SMILES string of the molecule is O=C(NCCN1CCCCC1)c1nc(C2CCCN2C(=O)c2ccccc2)n2ccccc12.O=C(O)C(F)(F)F. The fraction of sp³-hybridized carbons (Fsp3) is 0.429. The van der Waals surface area contributed by atoms with Gasteiger partial charge < -0.3 is 24.6 Å². The molecule has 0 radical (unpaired) electrons. The van der Waals surface area contributed by atoms with Crippen molar-refractivity contribution >= 4 is 23.3 Å². The predicted molar refractivity (Wildman–Crippen MR) is 141 cm³/mol. The molecule has 1 unspecified atom stereocenters. The molecule has 1 aromatic carbocycles. The molecule has 0 spiro atoms. The van der Waals surface area contributed by atoms with E-state index in [-0.39, 0.29) is 17.9 Å². The number of hydrogen-bond acceptors (Lipinski definition) is 5. The van der Waals surface area contributed by atoms with Crippen molar-refractivity contribution in [1.82, 2.24) is 24.5 Å². The molecule has 2 fully saturated rings. The van der Waals surface area contributed by atoms with Gasteiger partial charge in [-0.15, -0.1) is 0 Å². The minimum atomic E-state index is -5.08. The molecule has 0 bridgehead atoms. The van der Waals surface area contributed by atoms with Gasteiger partial charge in [-0.25, -0.2) is 9.78 Å². The fourth-order valence-corrected chi connectivity index (χ4v) is 5.08. The highest BCUT2D eigenvalue weighted by atomic mass is 19.4. The van der Waals surface area contributed by atoms with Crippen LogP contribution in [-0.2, 0) is 4.79 Å². The second-order valence-electron chi connectivity index (χ2n) is 9.76. The lowest BCUT2D eigenvalue weighted by Gasteiger charge is -2.26. The third kappa shape index (κ3) is 6.98. The highest BCUT2D eigenvalue weighted by molar-refractivity contribution is 5.99. The number of nitrogens with one attached hydrogen (secondary N) is 1. The topological polar surface area (TPSA) is 107 Å². The third-order valence-electron chi connectivity index (χ3n) is 7.03. The van der Waals surface area contributed by atoms with Crippen LogP contribution in [0, 0.1) is 0 Å². The van der Waals surface area contributed by atoms with E-state index < -0.39 is 12.1 Å². The summed E-state index contributed by atoms with van der Waals surface area (Å²) in [6.07, 6.45) is 2.39. The van der Waals surface area contributed by atoms with Gasteiger partial charge >= 0.3 is 12.1 Å². The number of hydrogen-bond donors (Lipinski definition) is 2. The van der Waals surface area contributed by atoms with Crippen LogP contribution in [0.4, 0.5) is 13.2 Å². The van der Waals surface area contributed by atoms with E-state index in [2.05, 4.69) is 10.2 Å². The van der Waals surface area contributed by atoms with Gasteiger partial charge in [0.2, 0.25) is 0 Å². The predicted octanol–water partition coefficient (Wildman–Crippen LogP) is 4.16. The van der Waals surface area contributed by atoms with Gasteiger partial charge in [-0.05, 0) is 63.0 Å².